The lowest BCUT2D eigenvalue weighted by Gasteiger charge is -2.44. The Morgan fingerprint density at radius 2 is 2.14 bits per heavy atom. The normalized spacial score (nSPS) is 17.6. The largest absolute Gasteiger partial charge is 0.478 e. The Balaban J connectivity index is 2.61. The predicted octanol–water partition coefficient (Wildman–Crippen LogP) is 2.22. The summed E-state index contributed by atoms with van der Waals surface area (Å²) in [5.41, 5.74) is 0.445. The number of ether oxygens (including phenoxy) is 1. The van der Waals surface area contributed by atoms with Crippen LogP contribution in [0.2, 0.25) is 0 Å². The molecule has 0 aromatic heterocycles. The fraction of sp³-hybridized carbons (Fsp3) is 0.500. The summed E-state index contributed by atoms with van der Waals surface area (Å²) in [5, 5.41) is 20.3. The molecule has 0 aliphatic carbocycles. The van der Waals surface area contributed by atoms with Gasteiger partial charge < -0.3 is 14.7 Å². The van der Waals surface area contributed by atoms with Gasteiger partial charge in [0.2, 0.25) is 0 Å². The number of carboxylic acid groups (broad SMARTS) is 1. The van der Waals surface area contributed by atoms with Crippen LogP contribution in [0.1, 0.15) is 29.8 Å². The Morgan fingerprint density at radius 1 is 1.48 bits per heavy atom. The van der Waals surface area contributed by atoms with E-state index in [1.165, 1.54) is 6.07 Å². The van der Waals surface area contributed by atoms with Gasteiger partial charge in [0, 0.05) is 18.3 Å². The highest BCUT2D eigenvalue weighted by Crippen LogP contribution is 2.35. The SMILES string of the molecule is Cc1c(N2CCOCC2(C)C)cc(C(=O)O)cc1[N+](=O)[O-]. The Morgan fingerprint density at radius 3 is 2.67 bits per heavy atom. The Bertz CT molecular complexity index is 597. The van der Waals surface area contributed by atoms with Gasteiger partial charge in [0.1, 0.15) is 0 Å². The van der Waals surface area contributed by atoms with Crippen molar-refractivity contribution < 1.29 is 19.6 Å². The van der Waals surface area contributed by atoms with Crippen molar-refractivity contribution in [3.8, 4) is 0 Å². The van der Waals surface area contributed by atoms with E-state index in [0.29, 0.717) is 31.0 Å². The van der Waals surface area contributed by atoms with Crippen LogP contribution in [0.5, 0.6) is 0 Å². The van der Waals surface area contributed by atoms with Crippen LogP contribution in [0.15, 0.2) is 12.1 Å². The maximum atomic E-state index is 11.2. The molecule has 1 aliphatic heterocycles. The zero-order valence-corrected chi connectivity index (χ0v) is 12.3. The van der Waals surface area contributed by atoms with E-state index in [9.17, 15) is 14.9 Å². The highest BCUT2D eigenvalue weighted by atomic mass is 16.6. The van der Waals surface area contributed by atoms with Gasteiger partial charge in [-0.2, -0.15) is 0 Å². The second-order valence-corrected chi connectivity index (χ2v) is 5.72. The van der Waals surface area contributed by atoms with Crippen LogP contribution in [0, 0.1) is 17.0 Å². The van der Waals surface area contributed by atoms with Crippen molar-refractivity contribution in [3.05, 3.63) is 33.4 Å². The molecule has 2 rings (SSSR count). The molecule has 1 heterocycles. The fourth-order valence-corrected chi connectivity index (χ4v) is 2.58. The lowest BCUT2D eigenvalue weighted by molar-refractivity contribution is -0.385. The van der Waals surface area contributed by atoms with Gasteiger partial charge in [0.05, 0.1) is 34.8 Å². The molecule has 21 heavy (non-hydrogen) atoms. The molecule has 7 heteroatoms. The van der Waals surface area contributed by atoms with Crippen LogP contribution in [-0.4, -0.2) is 41.3 Å². The minimum absolute atomic E-state index is 0.0791. The van der Waals surface area contributed by atoms with Crippen LogP contribution < -0.4 is 4.90 Å². The molecule has 0 spiro atoms. The summed E-state index contributed by atoms with van der Waals surface area (Å²) in [7, 11) is 0. The number of carbonyl (C=O) groups is 1. The minimum Gasteiger partial charge on any atom is -0.478 e. The highest BCUT2D eigenvalue weighted by Gasteiger charge is 2.33. The molecule has 7 nitrogen and oxygen atoms in total. The Kier molecular flexibility index (Phi) is 3.87. The summed E-state index contributed by atoms with van der Waals surface area (Å²) < 4.78 is 5.44. The zero-order valence-electron chi connectivity index (χ0n) is 12.3. The van der Waals surface area contributed by atoms with Crippen LogP contribution in [0.3, 0.4) is 0 Å². The quantitative estimate of drug-likeness (QED) is 0.678. The first kappa shape index (κ1) is 15.2. The topological polar surface area (TPSA) is 92.9 Å². The molecule has 0 radical (unpaired) electrons. The van der Waals surface area contributed by atoms with Crippen molar-refractivity contribution in [3.63, 3.8) is 0 Å². The number of rotatable bonds is 3. The van der Waals surface area contributed by atoms with E-state index in [-0.39, 0.29) is 16.8 Å². The molecule has 0 atom stereocenters. The first-order chi connectivity index (χ1) is 9.74. The molecule has 0 amide bonds. The number of nitrogens with zero attached hydrogens (tertiary/aromatic N) is 2. The van der Waals surface area contributed by atoms with Crippen LogP contribution in [0.25, 0.3) is 0 Å². The third-order valence-corrected chi connectivity index (χ3v) is 3.73. The molecule has 0 saturated carbocycles. The van der Waals surface area contributed by atoms with E-state index in [2.05, 4.69) is 0 Å². The Labute approximate surface area is 122 Å². The monoisotopic (exact) mass is 294 g/mol. The summed E-state index contributed by atoms with van der Waals surface area (Å²) in [5.74, 6) is -1.18. The van der Waals surface area contributed by atoms with Gasteiger partial charge in [0.15, 0.2) is 0 Å². The maximum absolute atomic E-state index is 11.2. The van der Waals surface area contributed by atoms with Gasteiger partial charge in [-0.05, 0) is 26.8 Å². The molecular formula is C14H18N2O5. The van der Waals surface area contributed by atoms with Crippen LogP contribution >= 0.6 is 0 Å². The fourth-order valence-electron chi connectivity index (χ4n) is 2.58. The lowest BCUT2D eigenvalue weighted by Crippen LogP contribution is -2.53. The van der Waals surface area contributed by atoms with Gasteiger partial charge in [-0.1, -0.05) is 0 Å². The molecular weight excluding hydrogens is 276 g/mol. The maximum Gasteiger partial charge on any atom is 0.336 e. The number of hydrogen-bond donors (Lipinski definition) is 1. The van der Waals surface area contributed by atoms with Crippen molar-refractivity contribution >= 4 is 17.3 Å². The number of nitro benzene ring substituents is 1. The number of benzene rings is 1. The first-order valence-corrected chi connectivity index (χ1v) is 6.62. The smallest absolute Gasteiger partial charge is 0.336 e. The molecule has 1 aromatic carbocycles. The van der Waals surface area contributed by atoms with Crippen molar-refractivity contribution in [2.24, 2.45) is 0 Å². The second-order valence-electron chi connectivity index (χ2n) is 5.72. The zero-order chi connectivity index (χ0) is 15.8. The van der Waals surface area contributed by atoms with Crippen molar-refractivity contribution in [2.75, 3.05) is 24.7 Å². The average molecular weight is 294 g/mol. The van der Waals surface area contributed by atoms with Gasteiger partial charge in [0.25, 0.3) is 5.69 Å². The van der Waals surface area contributed by atoms with Crippen molar-refractivity contribution in [1.29, 1.82) is 0 Å². The third kappa shape index (κ3) is 2.82. The van der Waals surface area contributed by atoms with Gasteiger partial charge in [-0.25, -0.2) is 4.79 Å². The van der Waals surface area contributed by atoms with E-state index in [0.717, 1.165) is 6.07 Å². The number of carboxylic acids is 1. The second kappa shape index (κ2) is 5.33. The van der Waals surface area contributed by atoms with Crippen molar-refractivity contribution in [1.82, 2.24) is 0 Å². The first-order valence-electron chi connectivity index (χ1n) is 6.62. The number of morpholine rings is 1. The standard InChI is InChI=1S/C14H18N2O5/c1-9-11(15-4-5-21-8-14(15,2)3)6-10(13(17)18)7-12(9)16(19)20/h6-7H,4-5,8H2,1-3H3,(H,17,18). The van der Waals surface area contributed by atoms with Gasteiger partial charge in [-0.3, -0.25) is 10.1 Å². The lowest BCUT2D eigenvalue weighted by atomic mass is 9.98. The molecule has 1 saturated heterocycles. The molecule has 0 unspecified atom stereocenters. The molecule has 0 bridgehead atoms. The summed E-state index contributed by atoms with van der Waals surface area (Å²) in [6.07, 6.45) is 0. The molecule has 1 fully saturated rings. The Hall–Kier alpha value is -2.15. The van der Waals surface area contributed by atoms with Crippen LogP contribution in [0.4, 0.5) is 11.4 Å². The van der Waals surface area contributed by atoms with Crippen LogP contribution in [-0.2, 0) is 4.74 Å². The van der Waals surface area contributed by atoms with Gasteiger partial charge >= 0.3 is 5.97 Å². The average Bonchev–Trinajstić information content (AvgIpc) is 2.38. The number of anilines is 1. The number of nitro groups is 1. The third-order valence-electron chi connectivity index (χ3n) is 3.73. The van der Waals surface area contributed by atoms with E-state index in [1.807, 2.05) is 18.7 Å². The number of hydrogen-bond acceptors (Lipinski definition) is 5. The van der Waals surface area contributed by atoms with E-state index in [4.69, 9.17) is 9.84 Å². The molecule has 1 aromatic rings. The van der Waals surface area contributed by atoms with E-state index >= 15 is 0 Å². The highest BCUT2D eigenvalue weighted by molar-refractivity contribution is 5.91. The van der Waals surface area contributed by atoms with Gasteiger partial charge in [-0.15, -0.1) is 0 Å². The molecule has 114 valence electrons. The number of aromatic carboxylic acids is 1. The summed E-state index contributed by atoms with van der Waals surface area (Å²) >= 11 is 0. The molecule has 1 N–H and O–H groups in total. The molecule has 1 aliphatic rings. The minimum atomic E-state index is -1.18. The summed E-state index contributed by atoms with van der Waals surface area (Å²) in [4.78, 5) is 23.8. The summed E-state index contributed by atoms with van der Waals surface area (Å²) in [6, 6.07) is 2.60. The van der Waals surface area contributed by atoms with E-state index < -0.39 is 10.9 Å². The summed E-state index contributed by atoms with van der Waals surface area (Å²) in [6.45, 7) is 7.12. The van der Waals surface area contributed by atoms with Crippen molar-refractivity contribution in [2.45, 2.75) is 26.3 Å². The predicted molar refractivity (Wildman–Crippen MR) is 77.0 cm³/mol. The van der Waals surface area contributed by atoms with E-state index in [1.54, 1.807) is 6.92 Å².